The first kappa shape index (κ1) is 19.6. The Hall–Kier alpha value is -3.19. The number of hydrogen-bond acceptors (Lipinski definition) is 5. The van der Waals surface area contributed by atoms with Crippen LogP contribution in [0.15, 0.2) is 54.2 Å². The summed E-state index contributed by atoms with van der Waals surface area (Å²) in [6.45, 7) is 0.992. The Labute approximate surface area is 163 Å². The Morgan fingerprint density at radius 3 is 2.64 bits per heavy atom. The van der Waals surface area contributed by atoms with E-state index in [2.05, 4.69) is 4.98 Å². The smallest absolute Gasteiger partial charge is 0.295 e. The first-order chi connectivity index (χ1) is 13.4. The van der Waals surface area contributed by atoms with Crippen molar-refractivity contribution in [3.63, 3.8) is 0 Å². The topological polar surface area (TPSA) is 87.0 Å². The number of aromatic nitrogens is 1. The Kier molecular flexibility index (Phi) is 5.75. The number of Topliss-reactive ketones (excluding diaryl/α,β-unsaturated/α-hetero) is 1. The lowest BCUT2D eigenvalue weighted by Crippen LogP contribution is -3.06. The Bertz CT molecular complexity index is 909. The molecule has 1 atom stereocenters. The van der Waals surface area contributed by atoms with Crippen molar-refractivity contribution in [2.75, 3.05) is 34.3 Å². The number of carbonyl (C=O) groups excluding carboxylic acids is 2. The third kappa shape index (κ3) is 3.75. The summed E-state index contributed by atoms with van der Waals surface area (Å²) in [7, 11) is 5.43. The molecule has 3 rings (SSSR count). The van der Waals surface area contributed by atoms with Gasteiger partial charge in [0.15, 0.2) is 0 Å². The quantitative estimate of drug-likeness (QED) is 0.413. The van der Waals surface area contributed by atoms with Crippen molar-refractivity contribution in [2.24, 2.45) is 0 Å². The van der Waals surface area contributed by atoms with Gasteiger partial charge in [0.25, 0.3) is 5.91 Å². The van der Waals surface area contributed by atoms with E-state index in [9.17, 15) is 14.7 Å². The van der Waals surface area contributed by atoms with Gasteiger partial charge in [0.2, 0.25) is 5.78 Å². The van der Waals surface area contributed by atoms with Crippen molar-refractivity contribution in [1.29, 1.82) is 0 Å². The number of ketones is 1. The molecule has 0 saturated carbocycles. The predicted molar refractivity (Wildman–Crippen MR) is 101 cm³/mol. The van der Waals surface area contributed by atoms with Gasteiger partial charge in [0.1, 0.15) is 11.8 Å². The van der Waals surface area contributed by atoms with Gasteiger partial charge in [0.05, 0.1) is 40.0 Å². The molecule has 1 aromatic carbocycles. The standard InChI is InChI=1S/C21H23N3O4/c1-23(2)11-12-24-18(16-9-4-5-10-22-16)17(20(26)21(24)27)19(25)14-7-6-8-15(13-14)28-3/h4-10,13,18,25H,11-12H2,1-3H3. The molecule has 1 N–H and O–H groups in total. The number of methoxy groups -OCH3 is 1. The van der Waals surface area contributed by atoms with Crippen LogP contribution in [-0.2, 0) is 9.59 Å². The molecule has 7 nitrogen and oxygen atoms in total. The van der Waals surface area contributed by atoms with Gasteiger partial charge in [-0.15, -0.1) is 0 Å². The van der Waals surface area contributed by atoms with E-state index in [1.165, 1.54) is 12.0 Å². The second kappa shape index (κ2) is 8.22. The van der Waals surface area contributed by atoms with Crippen molar-refractivity contribution in [3.05, 3.63) is 65.5 Å². The van der Waals surface area contributed by atoms with Crippen LogP contribution in [0.2, 0.25) is 0 Å². The molecule has 1 aliphatic rings. The van der Waals surface area contributed by atoms with Crippen LogP contribution in [0.4, 0.5) is 0 Å². The molecule has 1 aliphatic heterocycles. The molecule has 1 aromatic heterocycles. The van der Waals surface area contributed by atoms with Gasteiger partial charge in [0, 0.05) is 11.8 Å². The lowest BCUT2D eigenvalue weighted by molar-refractivity contribution is -0.857. The van der Waals surface area contributed by atoms with Crippen molar-refractivity contribution in [1.82, 2.24) is 9.88 Å². The van der Waals surface area contributed by atoms with Gasteiger partial charge in [-0.1, -0.05) is 24.0 Å². The highest BCUT2D eigenvalue weighted by molar-refractivity contribution is 6.46. The van der Waals surface area contributed by atoms with Crippen LogP contribution in [0, 0.1) is 0 Å². The Balaban J connectivity index is 2.13. The van der Waals surface area contributed by atoms with Crippen molar-refractivity contribution >= 4 is 17.4 Å². The van der Waals surface area contributed by atoms with Gasteiger partial charge in [-0.2, -0.15) is 0 Å². The van der Waals surface area contributed by atoms with Crippen LogP contribution in [0.25, 0.3) is 5.76 Å². The molecule has 2 heterocycles. The highest BCUT2D eigenvalue weighted by atomic mass is 16.5. The van der Waals surface area contributed by atoms with Crippen molar-refractivity contribution in [3.8, 4) is 5.75 Å². The number of quaternary nitrogens is 1. The number of amides is 1. The van der Waals surface area contributed by atoms with Crippen LogP contribution in [-0.4, -0.2) is 55.9 Å². The SMILES string of the molecule is COc1cccc(C([O-])=C2C(=O)C(=O)N(CC[NH+](C)C)C2c2ccccn2)c1. The number of benzene rings is 1. The second-order valence-corrected chi connectivity index (χ2v) is 6.92. The number of rotatable bonds is 6. The maximum absolute atomic E-state index is 13.2. The Morgan fingerprint density at radius 1 is 1.21 bits per heavy atom. The molecule has 1 saturated heterocycles. The highest BCUT2D eigenvalue weighted by Gasteiger charge is 2.44. The molecular weight excluding hydrogens is 358 g/mol. The first-order valence-electron chi connectivity index (χ1n) is 9.05. The predicted octanol–water partition coefficient (Wildman–Crippen LogP) is -0.541. The van der Waals surface area contributed by atoms with Gasteiger partial charge < -0.3 is 19.6 Å². The number of ether oxygens (including phenoxy) is 1. The number of likely N-dealkylation sites (tertiary alicyclic amines) is 1. The lowest BCUT2D eigenvalue weighted by atomic mass is 9.98. The molecular formula is C21H23N3O4. The first-order valence-corrected chi connectivity index (χ1v) is 9.05. The fraction of sp³-hybridized carbons (Fsp3) is 0.286. The molecule has 1 unspecified atom stereocenters. The second-order valence-electron chi connectivity index (χ2n) is 6.92. The third-order valence-electron chi connectivity index (χ3n) is 4.68. The molecule has 0 bridgehead atoms. The fourth-order valence-electron chi connectivity index (χ4n) is 3.21. The molecule has 28 heavy (non-hydrogen) atoms. The van der Waals surface area contributed by atoms with Crippen LogP contribution in [0.3, 0.4) is 0 Å². The van der Waals surface area contributed by atoms with Crippen LogP contribution in [0.1, 0.15) is 17.3 Å². The van der Waals surface area contributed by atoms with Gasteiger partial charge in [-0.05, 0) is 29.8 Å². The minimum atomic E-state index is -0.792. The van der Waals surface area contributed by atoms with Crippen molar-refractivity contribution in [2.45, 2.75) is 6.04 Å². The lowest BCUT2D eigenvalue weighted by Gasteiger charge is -2.27. The largest absolute Gasteiger partial charge is 0.872 e. The summed E-state index contributed by atoms with van der Waals surface area (Å²) in [5.74, 6) is -1.40. The van der Waals surface area contributed by atoms with E-state index in [0.717, 1.165) is 4.90 Å². The van der Waals surface area contributed by atoms with E-state index >= 15 is 0 Å². The molecule has 2 aromatic rings. The van der Waals surface area contributed by atoms with Crippen LogP contribution in [0.5, 0.6) is 5.75 Å². The van der Waals surface area contributed by atoms with E-state index < -0.39 is 23.5 Å². The average molecular weight is 381 g/mol. The number of nitrogens with zero attached hydrogens (tertiary/aromatic N) is 2. The summed E-state index contributed by atoms with van der Waals surface area (Å²) in [5.41, 5.74) is 0.740. The maximum Gasteiger partial charge on any atom is 0.295 e. The molecule has 1 fully saturated rings. The molecule has 7 heteroatoms. The minimum absolute atomic E-state index is 0.0642. The summed E-state index contributed by atoms with van der Waals surface area (Å²) in [4.78, 5) is 32.4. The summed E-state index contributed by atoms with van der Waals surface area (Å²) in [6.07, 6.45) is 1.59. The normalized spacial score (nSPS) is 18.7. The zero-order chi connectivity index (χ0) is 20.3. The molecule has 146 valence electrons. The number of carbonyl (C=O) groups is 2. The van der Waals surface area contributed by atoms with E-state index in [1.54, 1.807) is 48.7 Å². The molecule has 0 radical (unpaired) electrons. The van der Waals surface area contributed by atoms with E-state index in [-0.39, 0.29) is 5.57 Å². The third-order valence-corrected chi connectivity index (χ3v) is 4.68. The zero-order valence-corrected chi connectivity index (χ0v) is 16.1. The number of nitrogens with one attached hydrogen (secondary N) is 1. The average Bonchev–Trinajstić information content (AvgIpc) is 2.97. The van der Waals surface area contributed by atoms with Crippen molar-refractivity contribution < 1.29 is 24.3 Å². The number of pyridine rings is 1. The highest BCUT2D eigenvalue weighted by Crippen LogP contribution is 2.37. The summed E-state index contributed by atoms with van der Waals surface area (Å²) in [5, 5.41) is 13.2. The summed E-state index contributed by atoms with van der Waals surface area (Å²) < 4.78 is 5.17. The van der Waals surface area contributed by atoms with E-state index in [4.69, 9.17) is 4.74 Å². The number of hydrogen-bond donors (Lipinski definition) is 1. The van der Waals surface area contributed by atoms with E-state index in [1.807, 2.05) is 14.1 Å². The molecule has 0 aliphatic carbocycles. The van der Waals surface area contributed by atoms with Gasteiger partial charge in [-0.25, -0.2) is 0 Å². The molecule has 1 amide bonds. The minimum Gasteiger partial charge on any atom is -0.872 e. The summed E-state index contributed by atoms with van der Waals surface area (Å²) in [6, 6.07) is 11.0. The Morgan fingerprint density at radius 2 is 2.00 bits per heavy atom. The maximum atomic E-state index is 13.2. The monoisotopic (exact) mass is 381 g/mol. The molecule has 0 spiro atoms. The zero-order valence-electron chi connectivity index (χ0n) is 16.1. The van der Waals surface area contributed by atoms with E-state index in [0.29, 0.717) is 30.1 Å². The fourth-order valence-corrected chi connectivity index (χ4v) is 3.21. The van der Waals surface area contributed by atoms with Crippen LogP contribution < -0.4 is 14.7 Å². The summed E-state index contributed by atoms with van der Waals surface area (Å²) >= 11 is 0. The van der Waals surface area contributed by atoms with Crippen LogP contribution >= 0.6 is 0 Å². The number of likely N-dealkylation sites (N-methyl/N-ethyl adjacent to an activating group) is 1. The van der Waals surface area contributed by atoms with Gasteiger partial charge in [-0.3, -0.25) is 14.6 Å². The van der Waals surface area contributed by atoms with Gasteiger partial charge >= 0.3 is 0 Å².